The average Bonchev–Trinajstić information content (AvgIpc) is 2.68. The van der Waals surface area contributed by atoms with Crippen LogP contribution in [0.25, 0.3) is 0 Å². The van der Waals surface area contributed by atoms with Gasteiger partial charge in [0.2, 0.25) is 5.91 Å². The van der Waals surface area contributed by atoms with Crippen LogP contribution in [0.5, 0.6) is 5.75 Å². The number of likely N-dealkylation sites (tertiary alicyclic amines) is 1. The topological polar surface area (TPSA) is 52.6 Å². The van der Waals surface area contributed by atoms with Crippen molar-refractivity contribution in [2.24, 2.45) is 5.92 Å². The van der Waals surface area contributed by atoms with Crippen LogP contribution in [-0.4, -0.2) is 35.0 Å². The van der Waals surface area contributed by atoms with Gasteiger partial charge in [0.25, 0.3) is 0 Å². The Kier molecular flexibility index (Phi) is 5.16. The molecule has 0 aromatic heterocycles. The van der Waals surface area contributed by atoms with Crippen LogP contribution in [0.15, 0.2) is 36.4 Å². The fourth-order valence-electron chi connectivity index (χ4n) is 5.43. The van der Waals surface area contributed by atoms with E-state index in [1.165, 1.54) is 11.1 Å². The average molecular weight is 393 g/mol. The number of carbonyl (C=O) groups is 1. The summed E-state index contributed by atoms with van der Waals surface area (Å²) in [7, 11) is 0. The van der Waals surface area contributed by atoms with Crippen molar-refractivity contribution in [3.05, 3.63) is 58.7 Å². The Morgan fingerprint density at radius 3 is 2.69 bits per heavy atom. The van der Waals surface area contributed by atoms with Crippen LogP contribution < -0.4 is 5.32 Å². The molecule has 1 aliphatic carbocycles. The van der Waals surface area contributed by atoms with Gasteiger partial charge in [-0.3, -0.25) is 9.69 Å². The molecular weight excluding hydrogens is 360 g/mol. The molecule has 0 saturated carbocycles. The highest BCUT2D eigenvalue weighted by molar-refractivity contribution is 5.92. The van der Waals surface area contributed by atoms with Gasteiger partial charge in [0.05, 0.1) is 0 Å². The van der Waals surface area contributed by atoms with Gasteiger partial charge in [-0.25, -0.2) is 0 Å². The number of amides is 1. The molecular formula is C25H32N2O2. The molecule has 1 amide bonds. The number of nitrogens with zero attached hydrogens (tertiary/aromatic N) is 1. The lowest BCUT2D eigenvalue weighted by Crippen LogP contribution is -2.58. The Balaban J connectivity index is 1.45. The van der Waals surface area contributed by atoms with E-state index in [9.17, 15) is 9.90 Å². The second kappa shape index (κ2) is 7.49. The van der Waals surface area contributed by atoms with Crippen molar-refractivity contribution in [3.63, 3.8) is 0 Å². The van der Waals surface area contributed by atoms with Crippen molar-refractivity contribution in [3.8, 4) is 5.75 Å². The molecule has 4 heteroatoms. The molecule has 2 aliphatic rings. The fourth-order valence-corrected chi connectivity index (χ4v) is 5.43. The summed E-state index contributed by atoms with van der Waals surface area (Å²) < 4.78 is 0. The molecule has 0 spiro atoms. The van der Waals surface area contributed by atoms with Crippen LogP contribution in [0.4, 0.5) is 5.69 Å². The van der Waals surface area contributed by atoms with Gasteiger partial charge >= 0.3 is 0 Å². The highest BCUT2D eigenvalue weighted by atomic mass is 16.3. The summed E-state index contributed by atoms with van der Waals surface area (Å²) in [6.07, 6.45) is 2.56. The summed E-state index contributed by atoms with van der Waals surface area (Å²) in [6.45, 7) is 10.5. The normalized spacial score (nSPS) is 26.1. The molecule has 3 atom stereocenters. The first-order valence-electron chi connectivity index (χ1n) is 10.7. The monoisotopic (exact) mass is 392 g/mol. The highest BCUT2D eigenvalue weighted by Crippen LogP contribution is 2.49. The third-order valence-corrected chi connectivity index (χ3v) is 7.48. The lowest BCUT2D eigenvalue weighted by Gasteiger charge is -2.54. The maximum Gasteiger partial charge on any atom is 0.225 e. The Morgan fingerprint density at radius 1 is 1.24 bits per heavy atom. The van der Waals surface area contributed by atoms with E-state index in [1.54, 1.807) is 6.07 Å². The van der Waals surface area contributed by atoms with Crippen molar-refractivity contribution in [1.82, 2.24) is 4.90 Å². The van der Waals surface area contributed by atoms with E-state index in [1.807, 2.05) is 38.1 Å². The first kappa shape index (κ1) is 20.0. The van der Waals surface area contributed by atoms with E-state index < -0.39 is 0 Å². The summed E-state index contributed by atoms with van der Waals surface area (Å²) in [5.74, 6) is 0.943. The summed E-state index contributed by atoms with van der Waals surface area (Å²) in [4.78, 5) is 15.2. The number of aryl methyl sites for hydroxylation is 2. The summed E-state index contributed by atoms with van der Waals surface area (Å²) in [5.41, 5.74) is 5.91. The van der Waals surface area contributed by atoms with Crippen LogP contribution in [0.3, 0.4) is 0 Å². The number of para-hydroxylation sites is 1. The molecule has 1 fully saturated rings. The van der Waals surface area contributed by atoms with Gasteiger partial charge in [0.15, 0.2) is 0 Å². The van der Waals surface area contributed by atoms with Gasteiger partial charge in [-0.05, 0) is 79.0 Å². The van der Waals surface area contributed by atoms with Gasteiger partial charge in [-0.2, -0.15) is 0 Å². The van der Waals surface area contributed by atoms with Gasteiger partial charge in [0, 0.05) is 24.7 Å². The maximum absolute atomic E-state index is 12.6. The number of carbonyl (C=O) groups excluding carboxylic acids is 1. The summed E-state index contributed by atoms with van der Waals surface area (Å²) in [5, 5.41) is 13.1. The lowest BCUT2D eigenvalue weighted by atomic mass is 9.59. The van der Waals surface area contributed by atoms with Gasteiger partial charge < -0.3 is 10.4 Å². The van der Waals surface area contributed by atoms with E-state index in [4.69, 9.17) is 0 Å². The number of benzene rings is 2. The quantitative estimate of drug-likeness (QED) is 0.802. The number of phenols is 1. The predicted octanol–water partition coefficient (Wildman–Crippen LogP) is 4.56. The molecule has 0 unspecified atom stereocenters. The number of aromatic hydroxyl groups is 1. The largest absolute Gasteiger partial charge is 0.508 e. The van der Waals surface area contributed by atoms with Crippen LogP contribution in [0.1, 0.15) is 48.9 Å². The standard InChI is InChI=1S/C25H32N2O2/c1-16-6-5-7-17(2)24(16)26-23(29)10-12-27-13-11-25(4)18(3)22(27)14-19-8-9-20(28)15-21(19)25/h5-9,15,18,22,28H,10-14H2,1-4H3,(H,26,29)/t18-,22+,25+/m0/s1. The Morgan fingerprint density at radius 2 is 1.97 bits per heavy atom. The predicted molar refractivity (Wildman–Crippen MR) is 117 cm³/mol. The molecule has 4 rings (SSSR count). The van der Waals surface area contributed by atoms with Crippen molar-refractivity contribution in [1.29, 1.82) is 0 Å². The summed E-state index contributed by atoms with van der Waals surface area (Å²) >= 11 is 0. The molecule has 2 bridgehead atoms. The third kappa shape index (κ3) is 3.55. The smallest absolute Gasteiger partial charge is 0.225 e. The maximum atomic E-state index is 12.6. The molecule has 2 aromatic carbocycles. The minimum atomic E-state index is 0.0875. The van der Waals surface area contributed by atoms with Crippen LogP contribution in [-0.2, 0) is 16.6 Å². The van der Waals surface area contributed by atoms with Crippen LogP contribution >= 0.6 is 0 Å². The van der Waals surface area contributed by atoms with E-state index in [0.29, 0.717) is 24.1 Å². The Labute approximate surface area is 173 Å². The Hall–Kier alpha value is -2.33. The third-order valence-electron chi connectivity index (χ3n) is 7.48. The van der Waals surface area contributed by atoms with Crippen molar-refractivity contribution in [2.45, 2.75) is 58.4 Å². The molecule has 4 nitrogen and oxygen atoms in total. The Bertz CT molecular complexity index is 918. The molecule has 2 N–H and O–H groups in total. The molecule has 0 radical (unpaired) electrons. The minimum absolute atomic E-state index is 0.0875. The van der Waals surface area contributed by atoms with Crippen molar-refractivity contribution >= 4 is 11.6 Å². The first-order valence-corrected chi connectivity index (χ1v) is 10.7. The number of nitrogens with one attached hydrogen (secondary N) is 1. The second-order valence-electron chi connectivity index (χ2n) is 9.17. The number of hydrogen-bond acceptors (Lipinski definition) is 3. The summed E-state index contributed by atoms with van der Waals surface area (Å²) in [6, 6.07) is 12.4. The van der Waals surface area contributed by atoms with E-state index in [-0.39, 0.29) is 11.3 Å². The number of fused-ring (bicyclic) bond motifs is 4. The highest BCUT2D eigenvalue weighted by Gasteiger charge is 2.48. The minimum Gasteiger partial charge on any atom is -0.508 e. The van der Waals surface area contributed by atoms with Gasteiger partial charge in [-0.15, -0.1) is 0 Å². The van der Waals surface area contributed by atoms with Gasteiger partial charge in [-0.1, -0.05) is 38.1 Å². The molecule has 1 saturated heterocycles. The zero-order valence-electron chi connectivity index (χ0n) is 18.0. The molecule has 29 heavy (non-hydrogen) atoms. The zero-order valence-corrected chi connectivity index (χ0v) is 18.0. The molecule has 1 aliphatic heterocycles. The van der Waals surface area contributed by atoms with Crippen molar-refractivity contribution in [2.75, 3.05) is 18.4 Å². The van der Waals surface area contributed by atoms with Crippen LogP contribution in [0, 0.1) is 19.8 Å². The van der Waals surface area contributed by atoms with E-state index >= 15 is 0 Å². The molecule has 2 aromatic rings. The van der Waals surface area contributed by atoms with Crippen LogP contribution in [0.2, 0.25) is 0 Å². The zero-order chi connectivity index (χ0) is 20.8. The SMILES string of the molecule is Cc1cccc(C)c1NC(=O)CCN1CC[C@@]2(C)c3cc(O)ccc3C[C@@H]1[C@@H]2C. The van der Waals surface area contributed by atoms with E-state index in [0.717, 1.165) is 42.7 Å². The number of piperidine rings is 1. The first-order chi connectivity index (χ1) is 13.8. The second-order valence-corrected chi connectivity index (χ2v) is 9.17. The van der Waals surface area contributed by atoms with Gasteiger partial charge in [0.1, 0.15) is 5.75 Å². The number of rotatable bonds is 4. The number of phenolic OH excluding ortho intramolecular Hbond substituents is 1. The molecule has 154 valence electrons. The van der Waals surface area contributed by atoms with Crippen molar-refractivity contribution < 1.29 is 9.90 Å². The lowest BCUT2D eigenvalue weighted by molar-refractivity contribution is -0.117. The molecule has 1 heterocycles. The number of hydrogen-bond donors (Lipinski definition) is 2. The fraction of sp³-hybridized carbons (Fsp3) is 0.480. The van der Waals surface area contributed by atoms with E-state index in [2.05, 4.69) is 30.1 Å². The number of anilines is 1.